The van der Waals surface area contributed by atoms with Crippen LogP contribution in [0.4, 0.5) is 0 Å². The molecule has 0 radical (unpaired) electrons. The zero-order valence-electron chi connectivity index (χ0n) is 13.0. The first kappa shape index (κ1) is 14.9. The van der Waals surface area contributed by atoms with Gasteiger partial charge in [0.15, 0.2) is 5.82 Å². The number of aromatic nitrogens is 2. The summed E-state index contributed by atoms with van der Waals surface area (Å²) >= 11 is 0. The van der Waals surface area contributed by atoms with Crippen LogP contribution in [0.25, 0.3) is 0 Å². The van der Waals surface area contributed by atoms with E-state index in [9.17, 15) is 0 Å². The van der Waals surface area contributed by atoms with E-state index in [0.29, 0.717) is 5.92 Å². The lowest BCUT2D eigenvalue weighted by atomic mass is 9.86. The SMILES string of the molecule is CNCC1CCc2nc(C3(OC)CCOCC3)ncc2C1. The van der Waals surface area contributed by atoms with Gasteiger partial charge in [-0.25, -0.2) is 9.97 Å². The Bertz CT molecular complexity index is 486. The van der Waals surface area contributed by atoms with Crippen LogP contribution in [0.5, 0.6) is 0 Å². The molecule has 1 N–H and O–H groups in total. The lowest BCUT2D eigenvalue weighted by Gasteiger charge is -2.35. The van der Waals surface area contributed by atoms with Crippen molar-refractivity contribution in [3.63, 3.8) is 0 Å². The summed E-state index contributed by atoms with van der Waals surface area (Å²) in [4.78, 5) is 9.50. The number of hydrogen-bond acceptors (Lipinski definition) is 5. The van der Waals surface area contributed by atoms with Crippen LogP contribution >= 0.6 is 0 Å². The van der Waals surface area contributed by atoms with Crippen molar-refractivity contribution in [2.24, 2.45) is 5.92 Å². The number of hydrogen-bond donors (Lipinski definition) is 1. The standard InChI is InChI=1S/C16H25N3O2/c1-17-10-12-3-4-14-13(9-12)11-18-15(19-14)16(20-2)5-7-21-8-6-16/h11-12,17H,3-10H2,1-2H3. The summed E-state index contributed by atoms with van der Waals surface area (Å²) in [6.45, 7) is 2.51. The maximum atomic E-state index is 5.80. The molecule has 2 heterocycles. The Morgan fingerprint density at radius 1 is 1.43 bits per heavy atom. The zero-order chi connectivity index (χ0) is 14.7. The van der Waals surface area contributed by atoms with Crippen LogP contribution in [0.1, 0.15) is 36.3 Å². The molecule has 5 nitrogen and oxygen atoms in total. The van der Waals surface area contributed by atoms with Gasteiger partial charge in [0.1, 0.15) is 5.60 Å². The maximum Gasteiger partial charge on any atom is 0.160 e. The topological polar surface area (TPSA) is 56.3 Å². The molecule has 116 valence electrons. The fourth-order valence-electron chi connectivity index (χ4n) is 3.49. The molecule has 5 heteroatoms. The Hall–Kier alpha value is -1.04. The van der Waals surface area contributed by atoms with Crippen molar-refractivity contribution >= 4 is 0 Å². The average Bonchev–Trinajstić information content (AvgIpc) is 2.55. The number of fused-ring (bicyclic) bond motifs is 1. The van der Waals surface area contributed by atoms with Gasteiger partial charge in [-0.05, 0) is 44.3 Å². The van der Waals surface area contributed by atoms with E-state index in [0.717, 1.165) is 51.3 Å². The largest absolute Gasteiger partial charge is 0.381 e. The van der Waals surface area contributed by atoms with Crippen LogP contribution in [0.15, 0.2) is 6.20 Å². The highest BCUT2D eigenvalue weighted by atomic mass is 16.5. The van der Waals surface area contributed by atoms with Crippen molar-refractivity contribution in [1.29, 1.82) is 0 Å². The highest BCUT2D eigenvalue weighted by Gasteiger charge is 2.38. The fraction of sp³-hybridized carbons (Fsp3) is 0.750. The second-order valence-electron chi connectivity index (χ2n) is 6.14. The Balaban J connectivity index is 1.83. The number of nitrogens with zero attached hydrogens (tertiary/aromatic N) is 2. The van der Waals surface area contributed by atoms with Crippen LogP contribution in [-0.4, -0.2) is 43.9 Å². The minimum atomic E-state index is -0.352. The third kappa shape index (κ3) is 2.96. The zero-order valence-corrected chi connectivity index (χ0v) is 13.0. The molecule has 1 aromatic heterocycles. The number of nitrogens with one attached hydrogen (secondary N) is 1. The van der Waals surface area contributed by atoms with Gasteiger partial charge in [-0.15, -0.1) is 0 Å². The van der Waals surface area contributed by atoms with E-state index in [1.54, 1.807) is 7.11 Å². The minimum Gasteiger partial charge on any atom is -0.381 e. The smallest absolute Gasteiger partial charge is 0.160 e. The van der Waals surface area contributed by atoms with Gasteiger partial charge in [0, 0.05) is 45.1 Å². The molecule has 21 heavy (non-hydrogen) atoms. The minimum absolute atomic E-state index is 0.352. The summed E-state index contributed by atoms with van der Waals surface area (Å²) in [5, 5.41) is 3.27. The predicted molar refractivity (Wildman–Crippen MR) is 80.2 cm³/mol. The van der Waals surface area contributed by atoms with E-state index in [4.69, 9.17) is 14.5 Å². The van der Waals surface area contributed by atoms with Crippen LogP contribution in [-0.2, 0) is 27.9 Å². The molecule has 3 rings (SSSR count). The van der Waals surface area contributed by atoms with Crippen LogP contribution in [0.2, 0.25) is 0 Å². The number of methoxy groups -OCH3 is 1. The molecular formula is C16H25N3O2. The molecule has 0 spiro atoms. The molecule has 0 aromatic carbocycles. The van der Waals surface area contributed by atoms with Crippen molar-refractivity contribution < 1.29 is 9.47 Å². The molecule has 1 aliphatic carbocycles. The Kier molecular flexibility index (Phi) is 4.52. The Morgan fingerprint density at radius 3 is 2.95 bits per heavy atom. The predicted octanol–water partition coefficient (Wildman–Crippen LogP) is 1.45. The van der Waals surface area contributed by atoms with Crippen LogP contribution in [0, 0.1) is 5.92 Å². The molecule has 0 saturated carbocycles. The van der Waals surface area contributed by atoms with E-state index < -0.39 is 0 Å². The van der Waals surface area contributed by atoms with Crippen molar-refractivity contribution in [3.8, 4) is 0 Å². The summed E-state index contributed by atoms with van der Waals surface area (Å²) in [6, 6.07) is 0. The first-order valence-electron chi connectivity index (χ1n) is 7.90. The molecule has 1 aliphatic heterocycles. The van der Waals surface area contributed by atoms with Crippen molar-refractivity contribution in [2.75, 3.05) is 33.9 Å². The van der Waals surface area contributed by atoms with Crippen molar-refractivity contribution in [3.05, 3.63) is 23.3 Å². The molecule has 0 amide bonds. The highest BCUT2D eigenvalue weighted by Crippen LogP contribution is 2.34. The summed E-state index contributed by atoms with van der Waals surface area (Å²) in [6.07, 6.45) is 7.03. The van der Waals surface area contributed by atoms with Crippen molar-refractivity contribution in [2.45, 2.75) is 37.7 Å². The number of aryl methyl sites for hydroxylation is 1. The second kappa shape index (κ2) is 6.38. The average molecular weight is 291 g/mol. The summed E-state index contributed by atoms with van der Waals surface area (Å²) in [5.41, 5.74) is 2.17. The summed E-state index contributed by atoms with van der Waals surface area (Å²) in [5.74, 6) is 1.55. The van der Waals surface area contributed by atoms with Gasteiger partial charge >= 0.3 is 0 Å². The molecule has 2 aliphatic rings. The molecule has 1 fully saturated rings. The molecule has 0 bridgehead atoms. The van der Waals surface area contributed by atoms with E-state index in [1.165, 1.54) is 17.7 Å². The van der Waals surface area contributed by atoms with E-state index in [1.807, 2.05) is 13.2 Å². The summed E-state index contributed by atoms with van der Waals surface area (Å²) in [7, 11) is 3.78. The van der Waals surface area contributed by atoms with Gasteiger partial charge in [-0.1, -0.05) is 0 Å². The molecule has 1 aromatic rings. The Labute approximate surface area is 126 Å². The molecular weight excluding hydrogens is 266 g/mol. The van der Waals surface area contributed by atoms with Gasteiger partial charge < -0.3 is 14.8 Å². The Morgan fingerprint density at radius 2 is 2.24 bits per heavy atom. The third-order valence-electron chi connectivity index (χ3n) is 4.84. The van der Waals surface area contributed by atoms with Gasteiger partial charge in [0.25, 0.3) is 0 Å². The molecule has 1 atom stereocenters. The van der Waals surface area contributed by atoms with Gasteiger partial charge in [0.05, 0.1) is 0 Å². The normalized spacial score (nSPS) is 24.6. The third-order valence-corrected chi connectivity index (χ3v) is 4.84. The van der Waals surface area contributed by atoms with Gasteiger partial charge in [-0.2, -0.15) is 0 Å². The molecule has 1 unspecified atom stereocenters. The maximum absolute atomic E-state index is 5.80. The van der Waals surface area contributed by atoms with Crippen LogP contribution < -0.4 is 5.32 Å². The quantitative estimate of drug-likeness (QED) is 0.910. The van der Waals surface area contributed by atoms with E-state index >= 15 is 0 Å². The monoisotopic (exact) mass is 291 g/mol. The van der Waals surface area contributed by atoms with Crippen molar-refractivity contribution in [1.82, 2.24) is 15.3 Å². The number of ether oxygens (including phenoxy) is 2. The first-order valence-corrected chi connectivity index (χ1v) is 7.90. The van der Waals surface area contributed by atoms with E-state index in [2.05, 4.69) is 10.3 Å². The summed E-state index contributed by atoms with van der Waals surface area (Å²) < 4.78 is 11.3. The molecule has 1 saturated heterocycles. The second-order valence-corrected chi connectivity index (χ2v) is 6.14. The van der Waals surface area contributed by atoms with Crippen LogP contribution in [0.3, 0.4) is 0 Å². The van der Waals surface area contributed by atoms with Gasteiger partial charge in [-0.3, -0.25) is 0 Å². The first-order chi connectivity index (χ1) is 10.3. The highest BCUT2D eigenvalue weighted by molar-refractivity contribution is 5.23. The fourth-order valence-corrected chi connectivity index (χ4v) is 3.49. The lowest BCUT2D eigenvalue weighted by Crippen LogP contribution is -2.38. The van der Waals surface area contributed by atoms with E-state index in [-0.39, 0.29) is 5.60 Å². The lowest BCUT2D eigenvalue weighted by molar-refractivity contribution is -0.100. The number of rotatable bonds is 4. The van der Waals surface area contributed by atoms with Gasteiger partial charge in [0.2, 0.25) is 0 Å².